The van der Waals surface area contributed by atoms with Crippen LogP contribution in [-0.4, -0.2) is 25.9 Å². The monoisotopic (exact) mass is 426 g/mol. The van der Waals surface area contributed by atoms with Crippen molar-refractivity contribution in [3.8, 4) is 0 Å². The number of primary amides is 1. The summed E-state index contributed by atoms with van der Waals surface area (Å²) in [6.07, 6.45) is 0. The number of nitrogens with one attached hydrogen (secondary N) is 1. The van der Waals surface area contributed by atoms with E-state index in [2.05, 4.69) is 4.72 Å². The normalized spacial score (nSPS) is 11.0. The van der Waals surface area contributed by atoms with Gasteiger partial charge in [-0.05, 0) is 24.3 Å². The molecule has 29 heavy (non-hydrogen) atoms. The molecule has 3 aromatic carbocycles. The Bertz CT molecular complexity index is 1150. The summed E-state index contributed by atoms with van der Waals surface area (Å²) in [7, 11) is -4.06. The second kappa shape index (κ2) is 8.93. The summed E-state index contributed by atoms with van der Waals surface area (Å²) in [5.74, 6) is -0.878. The Morgan fingerprint density at radius 3 is 2.21 bits per heavy atom. The highest BCUT2D eigenvalue weighted by molar-refractivity contribution is 8.00. The predicted octanol–water partition coefficient (Wildman–Crippen LogP) is 3.30. The third-order valence-corrected chi connectivity index (χ3v) is 6.48. The van der Waals surface area contributed by atoms with Crippen molar-refractivity contribution in [1.29, 1.82) is 0 Å². The molecule has 0 aromatic heterocycles. The minimum atomic E-state index is -4.06. The van der Waals surface area contributed by atoms with Gasteiger partial charge in [-0.3, -0.25) is 14.3 Å². The Labute approximate surface area is 173 Å². The van der Waals surface area contributed by atoms with E-state index in [-0.39, 0.29) is 22.0 Å². The molecule has 3 rings (SSSR count). The first-order valence-electron chi connectivity index (χ1n) is 8.60. The Morgan fingerprint density at radius 2 is 1.48 bits per heavy atom. The number of thioether (sulfide) groups is 1. The number of carbonyl (C=O) groups excluding carboxylic acids is 2. The van der Waals surface area contributed by atoms with Gasteiger partial charge in [-0.15, -0.1) is 11.8 Å². The molecule has 0 fully saturated rings. The lowest BCUT2D eigenvalue weighted by Gasteiger charge is -2.14. The summed E-state index contributed by atoms with van der Waals surface area (Å²) >= 11 is 1.13. The molecule has 3 aromatic rings. The smallest absolute Gasteiger partial charge is 0.262 e. The Morgan fingerprint density at radius 1 is 0.862 bits per heavy atom. The van der Waals surface area contributed by atoms with Crippen molar-refractivity contribution < 1.29 is 18.0 Å². The van der Waals surface area contributed by atoms with Gasteiger partial charge in [-0.1, -0.05) is 54.6 Å². The maximum absolute atomic E-state index is 13.1. The van der Waals surface area contributed by atoms with E-state index >= 15 is 0 Å². The number of benzene rings is 3. The van der Waals surface area contributed by atoms with Crippen LogP contribution in [-0.2, 0) is 14.8 Å². The zero-order valence-corrected chi connectivity index (χ0v) is 16.9. The number of para-hydroxylation sites is 1. The van der Waals surface area contributed by atoms with Gasteiger partial charge in [-0.2, -0.15) is 0 Å². The highest BCUT2D eigenvalue weighted by Gasteiger charge is 2.23. The lowest BCUT2D eigenvalue weighted by atomic mass is 10.0. The van der Waals surface area contributed by atoms with Crippen LogP contribution in [0.4, 0.5) is 5.69 Å². The predicted molar refractivity (Wildman–Crippen MR) is 113 cm³/mol. The summed E-state index contributed by atoms with van der Waals surface area (Å²) in [6, 6.07) is 21.2. The van der Waals surface area contributed by atoms with Gasteiger partial charge in [0.05, 0.1) is 16.3 Å². The molecule has 0 spiro atoms. The average Bonchev–Trinajstić information content (AvgIpc) is 2.73. The minimum Gasteiger partial charge on any atom is -0.369 e. The number of nitrogens with two attached hydrogens (primary N) is 1. The van der Waals surface area contributed by atoms with Gasteiger partial charge in [0.25, 0.3) is 10.0 Å². The Kier molecular flexibility index (Phi) is 6.36. The fourth-order valence-corrected chi connectivity index (χ4v) is 4.76. The van der Waals surface area contributed by atoms with Crippen molar-refractivity contribution in [2.24, 2.45) is 5.73 Å². The highest BCUT2D eigenvalue weighted by atomic mass is 32.2. The van der Waals surface area contributed by atoms with Gasteiger partial charge < -0.3 is 5.73 Å². The summed E-state index contributed by atoms with van der Waals surface area (Å²) < 4.78 is 28.7. The summed E-state index contributed by atoms with van der Waals surface area (Å²) in [4.78, 5) is 24.4. The maximum Gasteiger partial charge on any atom is 0.262 e. The molecular formula is C21H18N2O4S2. The van der Waals surface area contributed by atoms with Crippen LogP contribution in [0.5, 0.6) is 0 Å². The summed E-state index contributed by atoms with van der Waals surface area (Å²) in [6.45, 7) is 0. The highest BCUT2D eigenvalue weighted by Crippen LogP contribution is 2.29. The van der Waals surface area contributed by atoms with E-state index in [9.17, 15) is 18.0 Å². The van der Waals surface area contributed by atoms with Gasteiger partial charge in [0.1, 0.15) is 0 Å². The third kappa shape index (κ3) is 5.04. The van der Waals surface area contributed by atoms with Crippen molar-refractivity contribution in [2.45, 2.75) is 9.79 Å². The van der Waals surface area contributed by atoms with Crippen molar-refractivity contribution >= 4 is 39.2 Å². The molecule has 0 aliphatic rings. The van der Waals surface area contributed by atoms with E-state index in [1.807, 2.05) is 0 Å². The van der Waals surface area contributed by atoms with Crippen LogP contribution < -0.4 is 10.5 Å². The number of hydrogen-bond donors (Lipinski definition) is 2. The molecule has 0 saturated heterocycles. The van der Waals surface area contributed by atoms with Gasteiger partial charge in [0.15, 0.2) is 5.78 Å². The van der Waals surface area contributed by atoms with E-state index in [0.717, 1.165) is 11.8 Å². The zero-order valence-electron chi connectivity index (χ0n) is 15.2. The van der Waals surface area contributed by atoms with Crippen LogP contribution in [0.2, 0.25) is 0 Å². The van der Waals surface area contributed by atoms with Crippen molar-refractivity contribution in [1.82, 2.24) is 0 Å². The Balaban J connectivity index is 1.96. The lowest BCUT2D eigenvalue weighted by molar-refractivity contribution is -0.115. The molecule has 0 aliphatic carbocycles. The molecule has 0 unspecified atom stereocenters. The van der Waals surface area contributed by atoms with Crippen LogP contribution in [0.25, 0.3) is 0 Å². The van der Waals surface area contributed by atoms with Crippen LogP contribution in [0.1, 0.15) is 15.9 Å². The molecule has 0 atom stereocenters. The van der Waals surface area contributed by atoms with E-state index < -0.39 is 15.9 Å². The maximum atomic E-state index is 13.1. The van der Waals surface area contributed by atoms with Gasteiger partial charge in [0.2, 0.25) is 5.91 Å². The van der Waals surface area contributed by atoms with Crippen LogP contribution in [0.3, 0.4) is 0 Å². The van der Waals surface area contributed by atoms with Crippen LogP contribution >= 0.6 is 11.8 Å². The topological polar surface area (TPSA) is 106 Å². The summed E-state index contributed by atoms with van der Waals surface area (Å²) in [5, 5.41) is 0. The second-order valence-corrected chi connectivity index (χ2v) is 8.72. The standard InChI is InChI=1S/C21H18N2O4S2/c22-20(24)14-28-18-12-6-5-11-17(18)23-29(26,27)19-13-7-4-10-16(19)21(25)15-8-2-1-3-9-15/h1-13,23H,14H2,(H2,22,24). The average molecular weight is 427 g/mol. The van der Waals surface area contributed by atoms with Crippen LogP contribution in [0.15, 0.2) is 88.7 Å². The fraction of sp³-hybridized carbons (Fsp3) is 0.0476. The molecule has 1 amide bonds. The fourth-order valence-electron chi connectivity index (χ4n) is 2.66. The van der Waals surface area contributed by atoms with Crippen molar-refractivity contribution in [2.75, 3.05) is 10.5 Å². The molecule has 0 heterocycles. The summed E-state index contributed by atoms with van der Waals surface area (Å²) in [5.41, 5.74) is 5.96. The minimum absolute atomic E-state index is 0.0157. The largest absolute Gasteiger partial charge is 0.369 e. The van der Waals surface area contributed by atoms with Gasteiger partial charge >= 0.3 is 0 Å². The SMILES string of the molecule is NC(=O)CSc1ccccc1NS(=O)(=O)c1ccccc1C(=O)c1ccccc1. The molecule has 8 heteroatoms. The van der Waals surface area contributed by atoms with Gasteiger partial charge in [-0.25, -0.2) is 8.42 Å². The first-order valence-corrected chi connectivity index (χ1v) is 11.1. The molecule has 0 aliphatic heterocycles. The van der Waals surface area contributed by atoms with Crippen molar-refractivity contribution in [3.05, 3.63) is 90.0 Å². The second-order valence-electron chi connectivity index (χ2n) is 6.05. The van der Waals surface area contributed by atoms with Crippen LogP contribution in [0, 0.1) is 0 Å². The number of sulfonamides is 1. The van der Waals surface area contributed by atoms with E-state index in [1.165, 1.54) is 12.1 Å². The quantitative estimate of drug-likeness (QED) is 0.425. The molecule has 0 saturated carbocycles. The molecule has 3 N–H and O–H groups in total. The first kappa shape index (κ1) is 20.6. The number of amides is 1. The molecule has 0 bridgehead atoms. The van der Waals surface area contributed by atoms with E-state index in [4.69, 9.17) is 5.73 Å². The number of carbonyl (C=O) groups is 2. The Hall–Kier alpha value is -3.10. The molecule has 0 radical (unpaired) electrons. The van der Waals surface area contributed by atoms with E-state index in [1.54, 1.807) is 66.7 Å². The number of anilines is 1. The molecular weight excluding hydrogens is 408 g/mol. The number of ketones is 1. The van der Waals surface area contributed by atoms with E-state index in [0.29, 0.717) is 16.1 Å². The van der Waals surface area contributed by atoms with Gasteiger partial charge in [0, 0.05) is 16.0 Å². The number of rotatable bonds is 8. The third-order valence-electron chi connectivity index (χ3n) is 3.96. The number of hydrogen-bond acceptors (Lipinski definition) is 5. The molecule has 6 nitrogen and oxygen atoms in total. The molecule has 148 valence electrons. The zero-order chi connectivity index (χ0) is 20.9. The lowest BCUT2D eigenvalue weighted by Crippen LogP contribution is -2.18. The van der Waals surface area contributed by atoms with Crippen molar-refractivity contribution in [3.63, 3.8) is 0 Å². The first-order chi connectivity index (χ1) is 13.9.